The second-order valence-corrected chi connectivity index (χ2v) is 8.82. The van der Waals surface area contributed by atoms with E-state index in [-0.39, 0.29) is 12.0 Å². The Morgan fingerprint density at radius 1 is 1.35 bits per heavy atom. The van der Waals surface area contributed by atoms with Gasteiger partial charge in [-0.1, -0.05) is 19.1 Å². The van der Waals surface area contributed by atoms with E-state index < -0.39 is 0 Å². The highest BCUT2D eigenvalue weighted by Gasteiger charge is 2.28. The molecule has 1 fully saturated rings. The molecule has 164 valence electrons. The van der Waals surface area contributed by atoms with Crippen LogP contribution in [0.1, 0.15) is 53.0 Å². The summed E-state index contributed by atoms with van der Waals surface area (Å²) < 4.78 is 7.99. The van der Waals surface area contributed by atoms with Crippen LogP contribution in [0.25, 0.3) is 0 Å². The molecule has 1 aliphatic heterocycles. The zero-order chi connectivity index (χ0) is 21.8. The van der Waals surface area contributed by atoms with Crippen molar-refractivity contribution in [3.05, 3.63) is 64.4 Å². The van der Waals surface area contributed by atoms with Gasteiger partial charge in [0.05, 0.1) is 11.8 Å². The normalized spacial score (nSPS) is 19.0. The Hall–Kier alpha value is -2.55. The summed E-state index contributed by atoms with van der Waals surface area (Å²) in [5, 5.41) is 9.75. The van der Waals surface area contributed by atoms with Gasteiger partial charge >= 0.3 is 0 Å². The number of carbonyl (C=O) groups is 1. The fourth-order valence-corrected chi connectivity index (χ4v) is 4.69. The van der Waals surface area contributed by atoms with Crippen molar-refractivity contribution in [1.29, 1.82) is 0 Å². The number of nitrogens with one attached hydrogen (secondary N) is 1. The van der Waals surface area contributed by atoms with Crippen LogP contribution < -0.4 is 5.32 Å². The molecule has 4 rings (SSSR count). The van der Waals surface area contributed by atoms with Crippen molar-refractivity contribution in [1.82, 2.24) is 19.7 Å². The van der Waals surface area contributed by atoms with Crippen LogP contribution >= 0.6 is 11.3 Å². The van der Waals surface area contributed by atoms with Gasteiger partial charge < -0.3 is 4.74 Å². The molecule has 3 aromatic rings. The van der Waals surface area contributed by atoms with Gasteiger partial charge in [0.1, 0.15) is 0 Å². The van der Waals surface area contributed by atoms with Crippen molar-refractivity contribution in [2.45, 2.75) is 45.4 Å². The van der Waals surface area contributed by atoms with E-state index in [0.29, 0.717) is 16.7 Å². The molecule has 0 saturated carbocycles. The van der Waals surface area contributed by atoms with E-state index in [2.05, 4.69) is 40.3 Å². The van der Waals surface area contributed by atoms with Gasteiger partial charge in [-0.05, 0) is 44.0 Å². The number of benzene rings is 1. The minimum absolute atomic E-state index is 0.0406. The number of ether oxygens (including phenoxy) is 1. The minimum Gasteiger partial charge on any atom is -0.373 e. The molecule has 1 N–H and O–H groups in total. The summed E-state index contributed by atoms with van der Waals surface area (Å²) in [7, 11) is 1.97. The van der Waals surface area contributed by atoms with Gasteiger partial charge in [-0.15, -0.1) is 11.3 Å². The predicted molar refractivity (Wildman–Crippen MR) is 122 cm³/mol. The van der Waals surface area contributed by atoms with Crippen molar-refractivity contribution >= 4 is 22.4 Å². The molecular formula is C23H29N5O2S. The smallest absolute Gasteiger partial charge is 0.257 e. The van der Waals surface area contributed by atoms with E-state index in [0.717, 1.165) is 43.8 Å². The number of hydrogen-bond donors (Lipinski definition) is 1. The second-order valence-electron chi connectivity index (χ2n) is 7.93. The summed E-state index contributed by atoms with van der Waals surface area (Å²) in [4.78, 5) is 19.0. The van der Waals surface area contributed by atoms with Crippen LogP contribution in [0.15, 0.2) is 42.0 Å². The highest BCUT2D eigenvalue weighted by molar-refractivity contribution is 7.13. The number of anilines is 1. The molecule has 1 amide bonds. The summed E-state index contributed by atoms with van der Waals surface area (Å²) in [6, 6.07) is 8.19. The van der Waals surface area contributed by atoms with Crippen LogP contribution in [0.4, 0.5) is 5.13 Å². The molecule has 0 spiro atoms. The Kier molecular flexibility index (Phi) is 6.80. The van der Waals surface area contributed by atoms with Gasteiger partial charge in [0, 0.05) is 55.1 Å². The Morgan fingerprint density at radius 2 is 2.16 bits per heavy atom. The van der Waals surface area contributed by atoms with Gasteiger partial charge in [-0.3, -0.25) is 19.7 Å². The van der Waals surface area contributed by atoms with Crippen molar-refractivity contribution in [3.63, 3.8) is 0 Å². The molecule has 0 radical (unpaired) electrons. The first-order valence-corrected chi connectivity index (χ1v) is 11.6. The molecule has 0 unspecified atom stereocenters. The number of hydrogen-bond acceptors (Lipinski definition) is 6. The first kappa shape index (κ1) is 21.7. The quantitative estimate of drug-likeness (QED) is 0.598. The Bertz CT molecular complexity index is 1000. The largest absolute Gasteiger partial charge is 0.373 e. The molecule has 3 heterocycles. The lowest BCUT2D eigenvalue weighted by molar-refractivity contribution is -0.0295. The Morgan fingerprint density at radius 3 is 2.81 bits per heavy atom. The van der Waals surface area contributed by atoms with Crippen molar-refractivity contribution in [3.8, 4) is 0 Å². The SMILES string of the molecule is CCN(Cc1cn(C)nc1C)[C@@H]1CCO[C@H](c2ccc(C(=O)Nc3nccs3)cc2)C1. The summed E-state index contributed by atoms with van der Waals surface area (Å²) in [6.45, 7) is 6.92. The van der Waals surface area contributed by atoms with E-state index in [1.54, 1.807) is 6.20 Å². The topological polar surface area (TPSA) is 72.3 Å². The maximum absolute atomic E-state index is 12.4. The molecule has 0 aliphatic carbocycles. The van der Waals surface area contributed by atoms with Crippen LogP contribution in [0.2, 0.25) is 0 Å². The van der Waals surface area contributed by atoms with E-state index in [4.69, 9.17) is 4.74 Å². The number of aromatic nitrogens is 3. The van der Waals surface area contributed by atoms with E-state index >= 15 is 0 Å². The molecular weight excluding hydrogens is 410 g/mol. The lowest BCUT2D eigenvalue weighted by atomic mass is 9.95. The molecule has 2 aromatic heterocycles. The molecule has 1 aliphatic rings. The molecule has 8 heteroatoms. The number of rotatable bonds is 7. The third kappa shape index (κ3) is 5.20. The highest BCUT2D eigenvalue weighted by atomic mass is 32.1. The predicted octanol–water partition coefficient (Wildman–Crippen LogP) is 4.18. The van der Waals surface area contributed by atoms with E-state index in [1.165, 1.54) is 16.9 Å². The summed E-state index contributed by atoms with van der Waals surface area (Å²) >= 11 is 1.41. The molecule has 1 saturated heterocycles. The van der Waals surface area contributed by atoms with Crippen LogP contribution in [-0.2, 0) is 18.3 Å². The average Bonchev–Trinajstić information content (AvgIpc) is 3.41. The maximum Gasteiger partial charge on any atom is 0.257 e. The first-order chi connectivity index (χ1) is 15.0. The standard InChI is InChI=1S/C23H29N5O2S/c1-4-28(15-19-14-27(3)26-16(19)2)20-9-11-30-21(13-20)17-5-7-18(8-6-17)22(29)25-23-24-10-12-31-23/h5-8,10,12,14,20-21H,4,9,11,13,15H2,1-3H3,(H,24,25,29)/t20-,21+/m1/s1. The molecule has 7 nitrogen and oxygen atoms in total. The van der Waals surface area contributed by atoms with Crippen LogP contribution in [0.3, 0.4) is 0 Å². The second kappa shape index (κ2) is 9.72. The summed E-state index contributed by atoms with van der Waals surface area (Å²) in [5.74, 6) is -0.145. The summed E-state index contributed by atoms with van der Waals surface area (Å²) in [6.07, 6.45) is 5.80. The highest BCUT2D eigenvalue weighted by Crippen LogP contribution is 2.31. The summed E-state index contributed by atoms with van der Waals surface area (Å²) in [5.41, 5.74) is 4.11. The third-order valence-corrected chi connectivity index (χ3v) is 6.55. The van der Waals surface area contributed by atoms with Crippen molar-refractivity contribution < 1.29 is 9.53 Å². The van der Waals surface area contributed by atoms with Gasteiger partial charge in [0.2, 0.25) is 0 Å². The molecule has 31 heavy (non-hydrogen) atoms. The Labute approximate surface area is 187 Å². The number of amides is 1. The molecule has 0 bridgehead atoms. The van der Waals surface area contributed by atoms with Gasteiger partial charge in [0.25, 0.3) is 5.91 Å². The Balaban J connectivity index is 1.40. The number of carbonyl (C=O) groups excluding carboxylic acids is 1. The zero-order valence-corrected chi connectivity index (χ0v) is 19.1. The number of nitrogens with zero attached hydrogens (tertiary/aromatic N) is 4. The molecule has 2 atom stereocenters. The van der Waals surface area contributed by atoms with Crippen LogP contribution in [-0.4, -0.2) is 44.8 Å². The van der Waals surface area contributed by atoms with Crippen LogP contribution in [0, 0.1) is 6.92 Å². The average molecular weight is 440 g/mol. The van der Waals surface area contributed by atoms with E-state index in [1.807, 2.05) is 41.4 Å². The molecule has 1 aromatic carbocycles. The zero-order valence-electron chi connectivity index (χ0n) is 18.2. The van der Waals surface area contributed by atoms with E-state index in [9.17, 15) is 4.79 Å². The van der Waals surface area contributed by atoms with Gasteiger partial charge in [-0.25, -0.2) is 4.98 Å². The van der Waals surface area contributed by atoms with Crippen molar-refractivity contribution in [2.24, 2.45) is 7.05 Å². The fraction of sp³-hybridized carbons (Fsp3) is 0.435. The monoisotopic (exact) mass is 439 g/mol. The lowest BCUT2D eigenvalue weighted by Crippen LogP contribution is -2.39. The maximum atomic E-state index is 12.4. The lowest BCUT2D eigenvalue weighted by Gasteiger charge is -2.37. The third-order valence-electron chi connectivity index (χ3n) is 5.86. The van der Waals surface area contributed by atoms with Gasteiger partial charge in [0.15, 0.2) is 5.13 Å². The minimum atomic E-state index is -0.145. The van der Waals surface area contributed by atoms with Crippen molar-refractivity contribution in [2.75, 3.05) is 18.5 Å². The number of aryl methyl sites for hydroxylation is 2. The fourth-order valence-electron chi connectivity index (χ4n) is 4.17. The van der Waals surface area contributed by atoms with Gasteiger partial charge in [-0.2, -0.15) is 5.10 Å². The number of thiazole rings is 1. The van der Waals surface area contributed by atoms with Crippen LogP contribution in [0.5, 0.6) is 0 Å². The first-order valence-electron chi connectivity index (χ1n) is 10.7.